The molecule has 0 aromatic carbocycles. The molecule has 0 atom stereocenters. The van der Waals surface area contributed by atoms with Crippen LogP contribution < -0.4 is 15.0 Å². The van der Waals surface area contributed by atoms with E-state index in [-0.39, 0.29) is 0 Å². The summed E-state index contributed by atoms with van der Waals surface area (Å²) in [4.78, 5) is 11.0. The van der Waals surface area contributed by atoms with Crippen LogP contribution >= 0.6 is 0 Å². The van der Waals surface area contributed by atoms with Crippen LogP contribution in [0.15, 0.2) is 6.33 Å². The summed E-state index contributed by atoms with van der Waals surface area (Å²) in [7, 11) is 1.69. The molecule has 0 bridgehead atoms. The second-order valence-corrected chi connectivity index (χ2v) is 4.86. The molecule has 0 unspecified atom stereocenters. The van der Waals surface area contributed by atoms with Crippen LogP contribution in [0, 0.1) is 0 Å². The molecule has 0 amide bonds. The maximum absolute atomic E-state index is 5.53. The maximum Gasteiger partial charge on any atom is 0.204 e. The quantitative estimate of drug-likeness (QED) is 0.906. The SMILES string of the molecule is CCNc1ncnc(N2CCCCCCC2)c1OC. The number of nitrogens with zero attached hydrogens (tertiary/aromatic N) is 3. The second kappa shape index (κ2) is 7.16. The Bertz CT molecular complexity index is 389. The van der Waals surface area contributed by atoms with Crippen LogP contribution in [-0.4, -0.2) is 36.7 Å². The van der Waals surface area contributed by atoms with Gasteiger partial charge in [-0.05, 0) is 19.8 Å². The van der Waals surface area contributed by atoms with Crippen molar-refractivity contribution >= 4 is 11.6 Å². The molecular formula is C14H24N4O. The molecule has 2 heterocycles. The molecule has 5 nitrogen and oxygen atoms in total. The summed E-state index contributed by atoms with van der Waals surface area (Å²) in [6.45, 7) is 4.99. The number of anilines is 2. The topological polar surface area (TPSA) is 50.3 Å². The van der Waals surface area contributed by atoms with Gasteiger partial charge < -0.3 is 15.0 Å². The summed E-state index contributed by atoms with van der Waals surface area (Å²) in [5, 5.41) is 3.23. The van der Waals surface area contributed by atoms with Crippen molar-refractivity contribution in [2.24, 2.45) is 0 Å². The molecule has 106 valence electrons. The highest BCUT2D eigenvalue weighted by molar-refractivity contribution is 5.64. The molecular weight excluding hydrogens is 240 g/mol. The van der Waals surface area contributed by atoms with Gasteiger partial charge in [0.15, 0.2) is 11.6 Å². The lowest BCUT2D eigenvalue weighted by atomic mass is 10.1. The zero-order valence-electron chi connectivity index (χ0n) is 12.0. The smallest absolute Gasteiger partial charge is 0.204 e. The first-order valence-corrected chi connectivity index (χ1v) is 7.24. The Morgan fingerprint density at radius 1 is 1.16 bits per heavy atom. The third kappa shape index (κ3) is 3.49. The molecule has 0 aliphatic carbocycles. The van der Waals surface area contributed by atoms with E-state index < -0.39 is 0 Å². The number of hydrogen-bond donors (Lipinski definition) is 1. The second-order valence-electron chi connectivity index (χ2n) is 4.86. The molecule has 0 radical (unpaired) electrons. The van der Waals surface area contributed by atoms with E-state index in [1.807, 2.05) is 0 Å². The highest BCUT2D eigenvalue weighted by atomic mass is 16.5. The van der Waals surface area contributed by atoms with Crippen molar-refractivity contribution in [3.8, 4) is 5.75 Å². The molecule has 1 aromatic heterocycles. The number of nitrogens with one attached hydrogen (secondary N) is 1. The lowest BCUT2D eigenvalue weighted by molar-refractivity contribution is 0.410. The molecule has 19 heavy (non-hydrogen) atoms. The van der Waals surface area contributed by atoms with Gasteiger partial charge in [0.1, 0.15) is 6.33 Å². The predicted molar refractivity (Wildman–Crippen MR) is 78.0 cm³/mol. The van der Waals surface area contributed by atoms with Gasteiger partial charge in [-0.1, -0.05) is 19.3 Å². The zero-order chi connectivity index (χ0) is 13.5. The van der Waals surface area contributed by atoms with Crippen molar-refractivity contribution in [2.45, 2.75) is 39.0 Å². The summed E-state index contributed by atoms with van der Waals surface area (Å²) in [5.74, 6) is 2.48. The minimum atomic E-state index is 0.768. The fourth-order valence-corrected chi connectivity index (χ4v) is 2.53. The first-order valence-electron chi connectivity index (χ1n) is 7.24. The Morgan fingerprint density at radius 2 is 1.84 bits per heavy atom. The van der Waals surface area contributed by atoms with E-state index in [9.17, 15) is 0 Å². The van der Waals surface area contributed by atoms with Gasteiger partial charge in [-0.2, -0.15) is 0 Å². The summed E-state index contributed by atoms with van der Waals surface area (Å²) in [6.07, 6.45) is 8.05. The van der Waals surface area contributed by atoms with Gasteiger partial charge in [0.05, 0.1) is 7.11 Å². The summed E-state index contributed by atoms with van der Waals surface area (Å²) in [6, 6.07) is 0. The van der Waals surface area contributed by atoms with E-state index in [4.69, 9.17) is 4.74 Å². The first-order chi connectivity index (χ1) is 9.36. The Kier molecular flexibility index (Phi) is 5.24. The molecule has 1 aliphatic rings. The zero-order valence-corrected chi connectivity index (χ0v) is 12.0. The first kappa shape index (κ1) is 13.9. The van der Waals surface area contributed by atoms with Gasteiger partial charge in [0.2, 0.25) is 5.75 Å². The van der Waals surface area contributed by atoms with E-state index in [1.165, 1.54) is 32.1 Å². The largest absolute Gasteiger partial charge is 0.490 e. The van der Waals surface area contributed by atoms with Crippen LogP contribution in [0.2, 0.25) is 0 Å². The minimum Gasteiger partial charge on any atom is -0.490 e. The number of methoxy groups -OCH3 is 1. The van der Waals surface area contributed by atoms with Crippen LogP contribution in [0.4, 0.5) is 11.6 Å². The van der Waals surface area contributed by atoms with Crippen LogP contribution in [0.3, 0.4) is 0 Å². The lowest BCUT2D eigenvalue weighted by Crippen LogP contribution is -2.28. The van der Waals surface area contributed by atoms with Crippen LogP contribution in [0.25, 0.3) is 0 Å². The Balaban J connectivity index is 2.23. The van der Waals surface area contributed by atoms with Crippen molar-refractivity contribution in [3.05, 3.63) is 6.33 Å². The molecule has 5 heteroatoms. The molecule has 0 saturated carbocycles. The molecule has 1 fully saturated rings. The number of aromatic nitrogens is 2. The summed E-state index contributed by atoms with van der Waals surface area (Å²) in [5.41, 5.74) is 0. The fourth-order valence-electron chi connectivity index (χ4n) is 2.53. The van der Waals surface area contributed by atoms with Gasteiger partial charge in [0.25, 0.3) is 0 Å². The minimum absolute atomic E-state index is 0.768. The molecule has 2 rings (SSSR count). The maximum atomic E-state index is 5.53. The highest BCUT2D eigenvalue weighted by Gasteiger charge is 2.18. The molecule has 1 N–H and O–H groups in total. The van der Waals surface area contributed by atoms with E-state index in [0.29, 0.717) is 0 Å². The van der Waals surface area contributed by atoms with E-state index in [2.05, 4.69) is 27.1 Å². The van der Waals surface area contributed by atoms with Crippen LogP contribution in [0.5, 0.6) is 5.75 Å². The Labute approximate surface area is 115 Å². The molecule has 1 saturated heterocycles. The fraction of sp³-hybridized carbons (Fsp3) is 0.714. The van der Waals surface area contributed by atoms with E-state index in [1.54, 1.807) is 13.4 Å². The third-order valence-corrected chi connectivity index (χ3v) is 3.49. The number of rotatable bonds is 4. The Morgan fingerprint density at radius 3 is 2.47 bits per heavy atom. The van der Waals surface area contributed by atoms with Crippen molar-refractivity contribution in [1.82, 2.24) is 9.97 Å². The predicted octanol–water partition coefficient (Wildman–Crippen LogP) is 2.69. The van der Waals surface area contributed by atoms with E-state index >= 15 is 0 Å². The number of hydrogen-bond acceptors (Lipinski definition) is 5. The van der Waals surface area contributed by atoms with Crippen molar-refractivity contribution in [3.63, 3.8) is 0 Å². The average Bonchev–Trinajstić information content (AvgIpc) is 2.38. The van der Waals surface area contributed by atoms with Gasteiger partial charge in [-0.15, -0.1) is 0 Å². The van der Waals surface area contributed by atoms with Crippen molar-refractivity contribution in [2.75, 3.05) is 37.0 Å². The summed E-state index contributed by atoms with van der Waals surface area (Å²) >= 11 is 0. The van der Waals surface area contributed by atoms with Gasteiger partial charge in [-0.3, -0.25) is 0 Å². The van der Waals surface area contributed by atoms with E-state index in [0.717, 1.165) is 37.0 Å². The lowest BCUT2D eigenvalue weighted by Gasteiger charge is -2.27. The van der Waals surface area contributed by atoms with Crippen molar-refractivity contribution < 1.29 is 4.74 Å². The average molecular weight is 264 g/mol. The molecule has 1 aromatic rings. The van der Waals surface area contributed by atoms with Gasteiger partial charge in [-0.25, -0.2) is 9.97 Å². The van der Waals surface area contributed by atoms with Crippen molar-refractivity contribution in [1.29, 1.82) is 0 Å². The van der Waals surface area contributed by atoms with Crippen LogP contribution in [-0.2, 0) is 0 Å². The number of ether oxygens (including phenoxy) is 1. The summed E-state index contributed by atoms with van der Waals surface area (Å²) < 4.78 is 5.53. The third-order valence-electron chi connectivity index (χ3n) is 3.49. The van der Waals surface area contributed by atoms with Gasteiger partial charge >= 0.3 is 0 Å². The molecule has 0 spiro atoms. The van der Waals surface area contributed by atoms with Crippen LogP contribution in [0.1, 0.15) is 39.0 Å². The van der Waals surface area contributed by atoms with Gasteiger partial charge in [0, 0.05) is 19.6 Å². The normalized spacial score (nSPS) is 16.6. The highest BCUT2D eigenvalue weighted by Crippen LogP contribution is 2.32. The monoisotopic (exact) mass is 264 g/mol. The standard InChI is InChI=1S/C14H24N4O/c1-3-15-13-12(19-2)14(17-11-16-13)18-9-7-5-4-6-8-10-18/h11H,3-10H2,1-2H3,(H,15,16,17). The Hall–Kier alpha value is -1.52. The molecule has 1 aliphatic heterocycles.